The van der Waals surface area contributed by atoms with Gasteiger partial charge in [0.25, 0.3) is 5.91 Å². The normalized spacial score (nSPS) is 15.4. The summed E-state index contributed by atoms with van der Waals surface area (Å²) in [7, 11) is 1.45. The van der Waals surface area contributed by atoms with Crippen molar-refractivity contribution in [1.29, 1.82) is 0 Å². The number of aliphatic carboxylic acids is 1. The second-order valence-corrected chi connectivity index (χ2v) is 8.19. The van der Waals surface area contributed by atoms with Gasteiger partial charge in [-0.1, -0.05) is 72.8 Å². The van der Waals surface area contributed by atoms with Crippen LogP contribution in [-0.2, 0) is 32.7 Å². The standard InChI is InChI=1S/C27H27NO5/c1-32-28-26(31)27(20-10-4-2-5-11-20,21-12-6-3-7-13-21)22-15-16-23-19(17-22)9-8-14-24(23)33-18-25(29)30/h2-14,22H,15-18H2,1H3,(H,28,31)(H,29,30). The molecule has 1 aliphatic rings. The molecular weight excluding hydrogens is 418 g/mol. The van der Waals surface area contributed by atoms with E-state index in [0.717, 1.165) is 28.7 Å². The lowest BCUT2D eigenvalue weighted by molar-refractivity contribution is -0.139. The second kappa shape index (κ2) is 9.88. The summed E-state index contributed by atoms with van der Waals surface area (Å²) in [5.74, 6) is -0.682. The zero-order chi connectivity index (χ0) is 23.3. The molecule has 0 fully saturated rings. The highest BCUT2D eigenvalue weighted by atomic mass is 16.6. The Morgan fingerprint density at radius 2 is 1.61 bits per heavy atom. The first-order chi connectivity index (χ1) is 16.1. The van der Waals surface area contributed by atoms with Gasteiger partial charge in [0.1, 0.15) is 11.2 Å². The molecule has 0 spiro atoms. The average molecular weight is 446 g/mol. The molecule has 6 heteroatoms. The number of carboxylic acid groups (broad SMARTS) is 1. The first kappa shape index (κ1) is 22.6. The molecule has 3 aromatic rings. The highest BCUT2D eigenvalue weighted by Gasteiger charge is 2.49. The maximum Gasteiger partial charge on any atom is 0.341 e. The van der Waals surface area contributed by atoms with Crippen LogP contribution in [0.5, 0.6) is 5.75 Å². The second-order valence-electron chi connectivity index (χ2n) is 8.19. The molecule has 0 saturated heterocycles. The smallest absolute Gasteiger partial charge is 0.341 e. The molecule has 170 valence electrons. The van der Waals surface area contributed by atoms with Gasteiger partial charge in [-0.3, -0.25) is 9.63 Å². The molecule has 0 saturated carbocycles. The van der Waals surface area contributed by atoms with E-state index in [1.54, 1.807) is 6.07 Å². The molecule has 0 bridgehead atoms. The van der Waals surface area contributed by atoms with Gasteiger partial charge in [-0.05, 0) is 53.5 Å². The minimum Gasteiger partial charge on any atom is -0.482 e. The van der Waals surface area contributed by atoms with E-state index < -0.39 is 11.4 Å². The van der Waals surface area contributed by atoms with Crippen molar-refractivity contribution in [2.45, 2.75) is 24.7 Å². The van der Waals surface area contributed by atoms with Crippen molar-refractivity contribution in [3.63, 3.8) is 0 Å². The lowest BCUT2D eigenvalue weighted by Gasteiger charge is -2.42. The minimum atomic E-state index is -1.01. The largest absolute Gasteiger partial charge is 0.482 e. The predicted molar refractivity (Wildman–Crippen MR) is 124 cm³/mol. The summed E-state index contributed by atoms with van der Waals surface area (Å²) < 4.78 is 5.54. The Labute approximate surface area is 193 Å². The zero-order valence-electron chi connectivity index (χ0n) is 18.5. The van der Waals surface area contributed by atoms with Crippen LogP contribution < -0.4 is 10.2 Å². The van der Waals surface area contributed by atoms with Crippen molar-refractivity contribution in [2.75, 3.05) is 13.7 Å². The number of carbonyl (C=O) groups excluding carboxylic acids is 1. The number of amides is 1. The number of benzene rings is 3. The molecule has 1 unspecified atom stereocenters. The fourth-order valence-corrected chi connectivity index (χ4v) is 5.08. The van der Waals surface area contributed by atoms with Crippen LogP contribution in [0.15, 0.2) is 78.9 Å². The van der Waals surface area contributed by atoms with Gasteiger partial charge in [0.15, 0.2) is 6.61 Å². The predicted octanol–water partition coefficient (Wildman–Crippen LogP) is 3.92. The van der Waals surface area contributed by atoms with Crippen LogP contribution in [0.1, 0.15) is 28.7 Å². The van der Waals surface area contributed by atoms with E-state index in [1.807, 2.05) is 72.8 Å². The molecule has 4 rings (SSSR count). The van der Waals surface area contributed by atoms with E-state index in [4.69, 9.17) is 14.7 Å². The Bertz CT molecular complexity index is 1070. The Hall–Kier alpha value is -3.64. The number of carboxylic acids is 1. The molecule has 0 heterocycles. The van der Waals surface area contributed by atoms with Gasteiger partial charge in [-0.2, -0.15) is 0 Å². The van der Waals surface area contributed by atoms with Crippen molar-refractivity contribution >= 4 is 11.9 Å². The number of fused-ring (bicyclic) bond motifs is 1. The molecule has 6 nitrogen and oxygen atoms in total. The molecular formula is C27H27NO5. The van der Waals surface area contributed by atoms with Gasteiger partial charge in [-0.25, -0.2) is 10.3 Å². The van der Waals surface area contributed by atoms with Gasteiger partial charge in [-0.15, -0.1) is 0 Å². The van der Waals surface area contributed by atoms with Crippen LogP contribution in [0.2, 0.25) is 0 Å². The fourth-order valence-electron chi connectivity index (χ4n) is 5.08. The van der Waals surface area contributed by atoms with Gasteiger partial charge < -0.3 is 9.84 Å². The van der Waals surface area contributed by atoms with E-state index in [-0.39, 0.29) is 18.4 Å². The molecule has 0 aliphatic heterocycles. The summed E-state index contributed by atoms with van der Waals surface area (Å²) in [5.41, 5.74) is 5.53. The number of rotatable bonds is 8. The van der Waals surface area contributed by atoms with Crippen LogP contribution in [0.25, 0.3) is 0 Å². The Kier molecular flexibility index (Phi) is 6.75. The van der Waals surface area contributed by atoms with Crippen LogP contribution in [0.3, 0.4) is 0 Å². The molecule has 1 amide bonds. The summed E-state index contributed by atoms with van der Waals surface area (Å²) in [4.78, 5) is 29.9. The van der Waals surface area contributed by atoms with Gasteiger partial charge in [0, 0.05) is 0 Å². The zero-order valence-corrected chi connectivity index (χ0v) is 18.5. The van der Waals surface area contributed by atoms with Crippen LogP contribution >= 0.6 is 0 Å². The lowest BCUT2D eigenvalue weighted by atomic mass is 9.60. The molecule has 1 atom stereocenters. The minimum absolute atomic E-state index is 0.0559. The van der Waals surface area contributed by atoms with Crippen LogP contribution in [0.4, 0.5) is 0 Å². The monoisotopic (exact) mass is 445 g/mol. The van der Waals surface area contributed by atoms with Crippen molar-refractivity contribution in [3.8, 4) is 5.75 Å². The molecule has 2 N–H and O–H groups in total. The van der Waals surface area contributed by atoms with Crippen molar-refractivity contribution in [2.24, 2.45) is 5.92 Å². The number of hydrogen-bond acceptors (Lipinski definition) is 4. The highest BCUT2D eigenvalue weighted by Crippen LogP contribution is 2.46. The first-order valence-electron chi connectivity index (χ1n) is 11.0. The van der Waals surface area contributed by atoms with E-state index >= 15 is 0 Å². The lowest BCUT2D eigenvalue weighted by Crippen LogP contribution is -2.51. The van der Waals surface area contributed by atoms with Gasteiger partial charge in [0.05, 0.1) is 7.11 Å². The maximum atomic E-state index is 13.8. The summed E-state index contributed by atoms with van der Waals surface area (Å²) in [5, 5.41) is 9.01. The van der Waals surface area contributed by atoms with Crippen molar-refractivity contribution in [1.82, 2.24) is 5.48 Å². The number of ether oxygens (including phenoxy) is 1. The third kappa shape index (κ3) is 4.34. The SMILES string of the molecule is CONC(=O)C(c1ccccc1)(c1ccccc1)C1CCc2c(cccc2OCC(=O)O)C1. The summed E-state index contributed by atoms with van der Waals surface area (Å²) in [6.45, 7) is -0.381. The van der Waals surface area contributed by atoms with Gasteiger partial charge in [0.2, 0.25) is 0 Å². The van der Waals surface area contributed by atoms with E-state index in [9.17, 15) is 9.59 Å². The number of hydroxylamine groups is 1. The third-order valence-corrected chi connectivity index (χ3v) is 6.41. The molecule has 1 aliphatic carbocycles. The molecule has 3 aromatic carbocycles. The van der Waals surface area contributed by atoms with Gasteiger partial charge >= 0.3 is 5.97 Å². The first-order valence-corrected chi connectivity index (χ1v) is 11.0. The van der Waals surface area contributed by atoms with E-state index in [2.05, 4.69) is 5.48 Å². The number of nitrogens with one attached hydrogen (secondary N) is 1. The van der Waals surface area contributed by atoms with Crippen molar-refractivity contribution < 1.29 is 24.3 Å². The molecule has 0 aromatic heterocycles. The molecule has 33 heavy (non-hydrogen) atoms. The number of carbonyl (C=O) groups is 2. The summed E-state index contributed by atoms with van der Waals surface area (Å²) >= 11 is 0. The van der Waals surface area contributed by atoms with E-state index in [1.165, 1.54) is 7.11 Å². The van der Waals surface area contributed by atoms with E-state index in [0.29, 0.717) is 18.6 Å². The average Bonchev–Trinajstić information content (AvgIpc) is 2.84. The Morgan fingerprint density at radius 3 is 2.18 bits per heavy atom. The molecule has 0 radical (unpaired) electrons. The highest BCUT2D eigenvalue weighted by molar-refractivity contribution is 5.92. The number of hydrogen-bond donors (Lipinski definition) is 2. The van der Waals surface area contributed by atoms with Crippen molar-refractivity contribution in [3.05, 3.63) is 101 Å². The Morgan fingerprint density at radius 1 is 0.970 bits per heavy atom. The third-order valence-electron chi connectivity index (χ3n) is 6.41. The summed E-state index contributed by atoms with van der Waals surface area (Å²) in [6, 6.07) is 25.3. The Balaban J connectivity index is 1.82. The van der Waals surface area contributed by atoms with Crippen LogP contribution in [-0.4, -0.2) is 30.7 Å². The fraction of sp³-hybridized carbons (Fsp3) is 0.259. The maximum absolute atomic E-state index is 13.8. The quantitative estimate of drug-likeness (QED) is 0.514. The summed E-state index contributed by atoms with van der Waals surface area (Å²) in [6.07, 6.45) is 2.04. The topological polar surface area (TPSA) is 84.9 Å². The van der Waals surface area contributed by atoms with Crippen LogP contribution in [0, 0.1) is 5.92 Å².